The Morgan fingerprint density at radius 3 is 2.77 bits per heavy atom. The first-order chi connectivity index (χ1) is 10.6. The van der Waals surface area contributed by atoms with Gasteiger partial charge in [-0.05, 0) is 35.6 Å². The number of amides is 2. The van der Waals surface area contributed by atoms with Crippen molar-refractivity contribution in [1.82, 2.24) is 10.6 Å². The predicted octanol–water partition coefficient (Wildman–Crippen LogP) is 3.34. The molecule has 0 fully saturated rings. The van der Waals surface area contributed by atoms with E-state index in [0.29, 0.717) is 31.5 Å². The molecular weight excluding hydrogens is 364 g/mol. The Labute approximate surface area is 142 Å². The van der Waals surface area contributed by atoms with Crippen LogP contribution in [0.3, 0.4) is 0 Å². The minimum absolute atomic E-state index is 0.00948. The summed E-state index contributed by atoms with van der Waals surface area (Å²) < 4.78 is 0.996. The summed E-state index contributed by atoms with van der Waals surface area (Å²) in [7, 11) is 0. The van der Waals surface area contributed by atoms with E-state index in [1.54, 1.807) is 11.4 Å². The van der Waals surface area contributed by atoms with E-state index < -0.39 is 0 Å². The van der Waals surface area contributed by atoms with Crippen LogP contribution in [0, 0.1) is 0 Å². The van der Waals surface area contributed by atoms with Crippen LogP contribution >= 0.6 is 27.3 Å². The number of thiophene rings is 1. The van der Waals surface area contributed by atoms with E-state index in [4.69, 9.17) is 0 Å². The van der Waals surface area contributed by atoms with Crippen molar-refractivity contribution in [3.63, 3.8) is 0 Å². The third kappa shape index (κ3) is 5.61. The highest BCUT2D eigenvalue weighted by atomic mass is 79.9. The average Bonchev–Trinajstić information content (AvgIpc) is 3.04. The van der Waals surface area contributed by atoms with E-state index >= 15 is 0 Å². The Balaban J connectivity index is 1.61. The fourth-order valence-electron chi connectivity index (χ4n) is 1.88. The lowest BCUT2D eigenvalue weighted by Gasteiger charge is -2.06. The van der Waals surface area contributed by atoms with Crippen LogP contribution < -0.4 is 10.6 Å². The van der Waals surface area contributed by atoms with Crippen LogP contribution in [0.15, 0.2) is 45.6 Å². The molecule has 0 bridgehead atoms. The number of hydrogen-bond donors (Lipinski definition) is 2. The van der Waals surface area contributed by atoms with Crippen molar-refractivity contribution in [1.29, 1.82) is 0 Å². The van der Waals surface area contributed by atoms with Crippen molar-refractivity contribution in [2.45, 2.75) is 19.4 Å². The van der Waals surface area contributed by atoms with Gasteiger partial charge in [0, 0.05) is 34.9 Å². The Kier molecular flexibility index (Phi) is 6.61. The summed E-state index contributed by atoms with van der Waals surface area (Å²) in [6.45, 7) is 1.01. The van der Waals surface area contributed by atoms with Gasteiger partial charge < -0.3 is 10.6 Å². The Morgan fingerprint density at radius 1 is 1.18 bits per heavy atom. The number of nitrogens with one attached hydrogen (secondary N) is 2. The van der Waals surface area contributed by atoms with Gasteiger partial charge in [-0.2, -0.15) is 11.3 Å². The molecule has 6 heteroatoms. The fourth-order valence-corrected chi connectivity index (χ4v) is 2.97. The number of rotatable bonds is 7. The van der Waals surface area contributed by atoms with Gasteiger partial charge in [0.05, 0.1) is 0 Å². The van der Waals surface area contributed by atoms with Crippen molar-refractivity contribution < 1.29 is 9.59 Å². The van der Waals surface area contributed by atoms with Gasteiger partial charge in [0.1, 0.15) is 0 Å². The van der Waals surface area contributed by atoms with Crippen molar-refractivity contribution in [3.8, 4) is 0 Å². The maximum absolute atomic E-state index is 11.7. The van der Waals surface area contributed by atoms with E-state index in [0.717, 1.165) is 10.0 Å². The first kappa shape index (κ1) is 16.7. The summed E-state index contributed by atoms with van der Waals surface area (Å²) in [4.78, 5) is 23.4. The number of carbonyl (C=O) groups excluding carboxylic acids is 2. The number of halogens is 1. The molecule has 1 heterocycles. The van der Waals surface area contributed by atoms with Crippen LogP contribution in [0.2, 0.25) is 0 Å². The first-order valence-corrected chi connectivity index (χ1v) is 8.70. The van der Waals surface area contributed by atoms with Crippen LogP contribution in [0.5, 0.6) is 0 Å². The SMILES string of the molecule is O=C(CCCNC(=O)c1ccsc1)NCc1cccc(Br)c1. The van der Waals surface area contributed by atoms with E-state index in [1.807, 2.05) is 29.6 Å². The maximum Gasteiger partial charge on any atom is 0.252 e. The summed E-state index contributed by atoms with van der Waals surface area (Å²) in [6, 6.07) is 9.60. The summed E-state index contributed by atoms with van der Waals surface area (Å²) in [5.41, 5.74) is 1.72. The average molecular weight is 381 g/mol. The lowest BCUT2D eigenvalue weighted by Crippen LogP contribution is -2.27. The highest BCUT2D eigenvalue weighted by Crippen LogP contribution is 2.11. The van der Waals surface area contributed by atoms with Crippen LogP contribution in [0.1, 0.15) is 28.8 Å². The second kappa shape index (κ2) is 8.70. The number of benzene rings is 1. The van der Waals surface area contributed by atoms with Gasteiger partial charge in [0.2, 0.25) is 5.91 Å². The molecule has 4 nitrogen and oxygen atoms in total. The molecule has 2 N–H and O–H groups in total. The monoisotopic (exact) mass is 380 g/mol. The largest absolute Gasteiger partial charge is 0.352 e. The molecule has 0 aliphatic heterocycles. The van der Waals surface area contributed by atoms with Gasteiger partial charge in [-0.25, -0.2) is 0 Å². The van der Waals surface area contributed by atoms with E-state index in [1.165, 1.54) is 11.3 Å². The van der Waals surface area contributed by atoms with Crippen molar-refractivity contribution in [2.75, 3.05) is 6.54 Å². The molecule has 0 aliphatic carbocycles. The fraction of sp³-hybridized carbons (Fsp3) is 0.250. The zero-order chi connectivity index (χ0) is 15.8. The van der Waals surface area contributed by atoms with E-state index in [9.17, 15) is 9.59 Å². The lowest BCUT2D eigenvalue weighted by atomic mass is 10.2. The molecule has 0 saturated heterocycles. The molecule has 2 aromatic rings. The maximum atomic E-state index is 11.7. The minimum Gasteiger partial charge on any atom is -0.352 e. The molecule has 2 rings (SSSR count). The molecular formula is C16H17BrN2O2S. The molecule has 1 aromatic heterocycles. The summed E-state index contributed by atoms with van der Waals surface area (Å²) in [5.74, 6) is -0.0967. The minimum atomic E-state index is -0.0872. The summed E-state index contributed by atoms with van der Waals surface area (Å²) in [5, 5.41) is 9.35. The zero-order valence-corrected chi connectivity index (χ0v) is 14.4. The molecule has 1 aromatic carbocycles. The third-order valence-corrected chi connectivity index (χ3v) is 4.20. The van der Waals surface area contributed by atoms with Gasteiger partial charge >= 0.3 is 0 Å². The molecule has 0 unspecified atom stereocenters. The van der Waals surface area contributed by atoms with Crippen molar-refractivity contribution in [3.05, 3.63) is 56.7 Å². The smallest absolute Gasteiger partial charge is 0.252 e. The number of carbonyl (C=O) groups is 2. The summed E-state index contributed by atoms with van der Waals surface area (Å²) in [6.07, 6.45) is 1.03. The molecule has 0 spiro atoms. The van der Waals surface area contributed by atoms with Crippen LogP contribution in [0.4, 0.5) is 0 Å². The highest BCUT2D eigenvalue weighted by Gasteiger charge is 2.06. The zero-order valence-electron chi connectivity index (χ0n) is 12.0. The number of hydrogen-bond acceptors (Lipinski definition) is 3. The van der Waals surface area contributed by atoms with Crippen LogP contribution in [-0.4, -0.2) is 18.4 Å². The highest BCUT2D eigenvalue weighted by molar-refractivity contribution is 9.10. The predicted molar refractivity (Wildman–Crippen MR) is 91.9 cm³/mol. The quantitative estimate of drug-likeness (QED) is 0.723. The normalized spacial score (nSPS) is 10.2. The topological polar surface area (TPSA) is 58.2 Å². The van der Waals surface area contributed by atoms with Gasteiger partial charge in [-0.1, -0.05) is 28.1 Å². The standard InChI is InChI=1S/C16H17BrN2O2S/c17-14-4-1-3-12(9-14)10-19-15(20)5-2-7-18-16(21)13-6-8-22-11-13/h1,3-4,6,8-9,11H,2,5,7,10H2,(H,18,21)(H,19,20). The van der Waals surface area contributed by atoms with Gasteiger partial charge in [-0.3, -0.25) is 9.59 Å². The Bertz CT molecular complexity index is 629. The molecule has 2 amide bonds. The first-order valence-electron chi connectivity index (χ1n) is 6.96. The second-order valence-electron chi connectivity index (χ2n) is 4.78. The molecule has 116 valence electrons. The van der Waals surface area contributed by atoms with E-state index in [2.05, 4.69) is 26.6 Å². The second-order valence-corrected chi connectivity index (χ2v) is 6.47. The molecule has 0 aliphatic rings. The molecule has 0 radical (unpaired) electrons. The van der Waals surface area contributed by atoms with Crippen molar-refractivity contribution >= 4 is 39.1 Å². The summed E-state index contributed by atoms with van der Waals surface area (Å²) >= 11 is 4.89. The van der Waals surface area contributed by atoms with Crippen LogP contribution in [0.25, 0.3) is 0 Å². The van der Waals surface area contributed by atoms with Crippen molar-refractivity contribution in [2.24, 2.45) is 0 Å². The molecule has 22 heavy (non-hydrogen) atoms. The lowest BCUT2D eigenvalue weighted by molar-refractivity contribution is -0.121. The van der Waals surface area contributed by atoms with Crippen LogP contribution in [-0.2, 0) is 11.3 Å². The Hall–Kier alpha value is -1.66. The Morgan fingerprint density at radius 2 is 2.05 bits per heavy atom. The molecule has 0 saturated carbocycles. The van der Waals surface area contributed by atoms with Gasteiger partial charge in [0.15, 0.2) is 0 Å². The van der Waals surface area contributed by atoms with E-state index in [-0.39, 0.29) is 11.8 Å². The molecule has 0 atom stereocenters. The van der Waals surface area contributed by atoms with Gasteiger partial charge in [0.25, 0.3) is 5.91 Å². The third-order valence-electron chi connectivity index (χ3n) is 3.03. The van der Waals surface area contributed by atoms with Gasteiger partial charge in [-0.15, -0.1) is 0 Å².